The molecular weight excluding hydrogens is 226 g/mol. The van der Waals surface area contributed by atoms with E-state index in [0.717, 1.165) is 25.9 Å². The van der Waals surface area contributed by atoms with Crippen molar-refractivity contribution in [1.29, 1.82) is 0 Å². The Morgan fingerprint density at radius 1 is 1.11 bits per heavy atom. The first-order valence-corrected chi connectivity index (χ1v) is 7.39. The van der Waals surface area contributed by atoms with Crippen molar-refractivity contribution >= 4 is 5.91 Å². The maximum atomic E-state index is 12.3. The van der Waals surface area contributed by atoms with E-state index in [1.165, 1.54) is 19.3 Å². The van der Waals surface area contributed by atoms with E-state index in [1.807, 2.05) is 0 Å². The van der Waals surface area contributed by atoms with E-state index in [4.69, 9.17) is 5.73 Å². The molecule has 1 saturated heterocycles. The molecule has 0 aromatic carbocycles. The Morgan fingerprint density at radius 2 is 1.78 bits per heavy atom. The highest BCUT2D eigenvalue weighted by Gasteiger charge is 2.35. The van der Waals surface area contributed by atoms with Crippen LogP contribution in [-0.2, 0) is 4.79 Å². The van der Waals surface area contributed by atoms with Crippen LogP contribution in [0.3, 0.4) is 0 Å². The average Bonchev–Trinajstić information content (AvgIpc) is 2.35. The van der Waals surface area contributed by atoms with Crippen LogP contribution in [0.25, 0.3) is 0 Å². The van der Waals surface area contributed by atoms with Gasteiger partial charge in [-0.1, -0.05) is 20.3 Å². The van der Waals surface area contributed by atoms with Gasteiger partial charge in [-0.15, -0.1) is 0 Å². The van der Waals surface area contributed by atoms with E-state index in [-0.39, 0.29) is 17.9 Å². The molecule has 4 unspecified atom stereocenters. The Bertz CT molecular complexity index is 289. The summed E-state index contributed by atoms with van der Waals surface area (Å²) in [6.45, 7) is 6.37. The number of nitrogens with one attached hydrogen (secondary N) is 1. The number of rotatable bonds is 2. The van der Waals surface area contributed by atoms with Gasteiger partial charge in [0, 0.05) is 25.0 Å². The molecule has 2 aliphatic rings. The first-order valence-electron chi connectivity index (χ1n) is 7.39. The molecule has 0 aromatic heterocycles. The zero-order valence-corrected chi connectivity index (χ0v) is 11.7. The van der Waals surface area contributed by atoms with Crippen molar-refractivity contribution in [3.05, 3.63) is 0 Å². The van der Waals surface area contributed by atoms with Crippen LogP contribution in [0, 0.1) is 17.8 Å². The number of nitrogens with zero attached hydrogens (tertiary/aromatic N) is 1. The van der Waals surface area contributed by atoms with Crippen molar-refractivity contribution in [1.82, 2.24) is 10.4 Å². The largest absolute Gasteiger partial charge is 0.327 e. The molecule has 2 rings (SSSR count). The lowest BCUT2D eigenvalue weighted by Gasteiger charge is -2.37. The van der Waals surface area contributed by atoms with Gasteiger partial charge in [0.05, 0.1) is 0 Å². The van der Waals surface area contributed by atoms with E-state index >= 15 is 0 Å². The van der Waals surface area contributed by atoms with Crippen LogP contribution < -0.4 is 11.2 Å². The Hall–Kier alpha value is -0.610. The Balaban J connectivity index is 1.87. The molecule has 1 heterocycles. The van der Waals surface area contributed by atoms with Gasteiger partial charge in [-0.3, -0.25) is 10.2 Å². The number of amides is 1. The third-order valence-corrected chi connectivity index (χ3v) is 4.65. The second-order valence-corrected chi connectivity index (χ2v) is 6.22. The third kappa shape index (κ3) is 3.23. The normalized spacial score (nSPS) is 38.4. The minimum absolute atomic E-state index is 0.0955. The third-order valence-electron chi connectivity index (χ3n) is 4.65. The van der Waals surface area contributed by atoms with E-state index < -0.39 is 0 Å². The first kappa shape index (κ1) is 13.8. The summed E-state index contributed by atoms with van der Waals surface area (Å²) < 4.78 is 0. The van der Waals surface area contributed by atoms with Crippen LogP contribution in [0.4, 0.5) is 0 Å². The minimum Gasteiger partial charge on any atom is -0.327 e. The highest BCUT2D eigenvalue weighted by Crippen LogP contribution is 2.33. The summed E-state index contributed by atoms with van der Waals surface area (Å²) in [5.41, 5.74) is 9.20. The quantitative estimate of drug-likeness (QED) is 0.784. The zero-order chi connectivity index (χ0) is 13.1. The van der Waals surface area contributed by atoms with Crippen molar-refractivity contribution in [2.45, 2.75) is 52.0 Å². The van der Waals surface area contributed by atoms with Crippen molar-refractivity contribution < 1.29 is 4.79 Å². The molecule has 1 aliphatic carbocycles. The van der Waals surface area contributed by atoms with E-state index in [0.29, 0.717) is 11.8 Å². The summed E-state index contributed by atoms with van der Waals surface area (Å²) >= 11 is 0. The lowest BCUT2D eigenvalue weighted by molar-refractivity contribution is -0.133. The van der Waals surface area contributed by atoms with Gasteiger partial charge in [0.25, 0.3) is 0 Å². The molecule has 0 spiro atoms. The maximum absolute atomic E-state index is 12.3. The molecule has 4 nitrogen and oxygen atoms in total. The topological polar surface area (TPSA) is 58.4 Å². The van der Waals surface area contributed by atoms with Gasteiger partial charge < -0.3 is 5.73 Å². The van der Waals surface area contributed by atoms with Crippen LogP contribution in [0.1, 0.15) is 46.0 Å². The minimum atomic E-state index is 0.0955. The van der Waals surface area contributed by atoms with Gasteiger partial charge in [0.15, 0.2) is 0 Å². The SMILES string of the molecule is CC1CC(C)C(C(=O)NN2CCCCC2)CC1N. The molecule has 3 N–H and O–H groups in total. The van der Waals surface area contributed by atoms with Crippen molar-refractivity contribution in [2.24, 2.45) is 23.5 Å². The van der Waals surface area contributed by atoms with Crippen molar-refractivity contribution in [3.63, 3.8) is 0 Å². The van der Waals surface area contributed by atoms with Gasteiger partial charge in [-0.25, -0.2) is 5.01 Å². The molecule has 18 heavy (non-hydrogen) atoms. The summed E-state index contributed by atoms with van der Waals surface area (Å²) in [6, 6.07) is 0.179. The fourth-order valence-electron chi connectivity index (χ4n) is 3.29. The Morgan fingerprint density at radius 3 is 2.44 bits per heavy atom. The monoisotopic (exact) mass is 253 g/mol. The molecule has 4 atom stereocenters. The number of hydrazine groups is 1. The predicted octanol–water partition coefficient (Wildman–Crippen LogP) is 1.51. The van der Waals surface area contributed by atoms with Crippen LogP contribution in [0.5, 0.6) is 0 Å². The molecule has 1 amide bonds. The molecule has 0 bridgehead atoms. The average molecular weight is 253 g/mol. The van der Waals surface area contributed by atoms with Gasteiger partial charge in [-0.05, 0) is 37.5 Å². The molecule has 2 fully saturated rings. The standard InChI is InChI=1S/C14H27N3O/c1-10-8-11(2)13(15)9-12(10)14(18)16-17-6-4-3-5-7-17/h10-13H,3-9,15H2,1-2H3,(H,16,18). The van der Waals surface area contributed by atoms with Crippen molar-refractivity contribution in [2.75, 3.05) is 13.1 Å². The smallest absolute Gasteiger partial charge is 0.237 e. The molecule has 1 aliphatic heterocycles. The Kier molecular flexibility index (Phi) is 4.62. The molecule has 0 radical (unpaired) electrons. The second-order valence-electron chi connectivity index (χ2n) is 6.22. The number of carbonyl (C=O) groups is 1. The molecule has 104 valence electrons. The highest BCUT2D eigenvalue weighted by atomic mass is 16.2. The van der Waals surface area contributed by atoms with Crippen LogP contribution in [0.15, 0.2) is 0 Å². The molecule has 1 saturated carbocycles. The van der Waals surface area contributed by atoms with Crippen LogP contribution in [-0.4, -0.2) is 30.0 Å². The van der Waals surface area contributed by atoms with Gasteiger partial charge >= 0.3 is 0 Å². The number of hydrogen-bond acceptors (Lipinski definition) is 3. The highest BCUT2D eigenvalue weighted by molar-refractivity contribution is 5.78. The predicted molar refractivity (Wildman–Crippen MR) is 72.6 cm³/mol. The van der Waals surface area contributed by atoms with E-state index in [1.54, 1.807) is 0 Å². The number of nitrogens with two attached hydrogens (primary N) is 1. The fraction of sp³-hybridized carbons (Fsp3) is 0.929. The zero-order valence-electron chi connectivity index (χ0n) is 11.7. The first-order chi connectivity index (χ1) is 8.58. The lowest BCUT2D eigenvalue weighted by Crippen LogP contribution is -2.51. The Labute approximate surface area is 110 Å². The van der Waals surface area contributed by atoms with Gasteiger partial charge in [0.2, 0.25) is 5.91 Å². The number of carbonyl (C=O) groups excluding carboxylic acids is 1. The summed E-state index contributed by atoms with van der Waals surface area (Å²) in [5.74, 6) is 1.27. The summed E-state index contributed by atoms with van der Waals surface area (Å²) in [6.07, 6.45) is 5.57. The number of piperidine rings is 1. The lowest BCUT2D eigenvalue weighted by atomic mass is 9.73. The van der Waals surface area contributed by atoms with Crippen molar-refractivity contribution in [3.8, 4) is 0 Å². The van der Waals surface area contributed by atoms with Gasteiger partial charge in [-0.2, -0.15) is 0 Å². The summed E-state index contributed by atoms with van der Waals surface area (Å²) in [4.78, 5) is 12.3. The molecular formula is C14H27N3O. The maximum Gasteiger partial charge on any atom is 0.237 e. The van der Waals surface area contributed by atoms with Gasteiger partial charge in [0.1, 0.15) is 0 Å². The van der Waals surface area contributed by atoms with Crippen LogP contribution >= 0.6 is 0 Å². The molecule has 4 heteroatoms. The van der Waals surface area contributed by atoms with Crippen LogP contribution in [0.2, 0.25) is 0 Å². The summed E-state index contributed by atoms with van der Waals surface area (Å²) in [7, 11) is 0. The van der Waals surface area contributed by atoms with E-state index in [2.05, 4.69) is 24.3 Å². The number of hydrogen-bond donors (Lipinski definition) is 2. The molecule has 0 aromatic rings. The summed E-state index contributed by atoms with van der Waals surface area (Å²) in [5, 5.41) is 2.09. The van der Waals surface area contributed by atoms with E-state index in [9.17, 15) is 4.79 Å². The second kappa shape index (κ2) is 6.02. The fourth-order valence-corrected chi connectivity index (χ4v) is 3.29.